The van der Waals surface area contributed by atoms with Crippen LogP contribution in [0.3, 0.4) is 0 Å². The summed E-state index contributed by atoms with van der Waals surface area (Å²) in [6, 6.07) is 5.91. The van der Waals surface area contributed by atoms with Crippen molar-refractivity contribution in [3.63, 3.8) is 0 Å². The highest BCUT2D eigenvalue weighted by atomic mass is 19.1. The van der Waals surface area contributed by atoms with E-state index in [9.17, 15) is 14.0 Å². The maximum absolute atomic E-state index is 13.3. The van der Waals surface area contributed by atoms with Crippen molar-refractivity contribution in [1.82, 2.24) is 10.2 Å². The minimum atomic E-state index is -0.998. The number of amides is 2. The van der Waals surface area contributed by atoms with Crippen molar-refractivity contribution in [3.05, 3.63) is 29.3 Å². The van der Waals surface area contributed by atoms with Crippen LogP contribution in [0, 0.1) is 5.92 Å². The van der Waals surface area contributed by atoms with E-state index in [0.29, 0.717) is 31.5 Å². The molecule has 6 heteroatoms. The molecule has 3 unspecified atom stereocenters. The van der Waals surface area contributed by atoms with Gasteiger partial charge >= 0.3 is 0 Å². The molecule has 3 aliphatic rings. The number of hydrogen-bond acceptors (Lipinski definition) is 3. The molecule has 0 radical (unpaired) electrons. The summed E-state index contributed by atoms with van der Waals surface area (Å²) in [6.07, 6.45) is 4.27. The minimum absolute atomic E-state index is 0.0153. The lowest BCUT2D eigenvalue weighted by molar-refractivity contribution is -0.131. The molecular weight excluding hydrogens is 333 g/mol. The van der Waals surface area contributed by atoms with E-state index in [1.165, 1.54) is 5.56 Å². The minimum Gasteiger partial charge on any atom is -0.385 e. The highest BCUT2D eigenvalue weighted by Gasteiger charge is 2.38. The smallest absolute Gasteiger partial charge is 0.254 e. The fourth-order valence-electron chi connectivity index (χ4n) is 3.96. The molecule has 26 heavy (non-hydrogen) atoms. The van der Waals surface area contributed by atoms with Gasteiger partial charge in [0, 0.05) is 30.9 Å². The summed E-state index contributed by atoms with van der Waals surface area (Å²) in [5.41, 5.74) is 3.05. The molecule has 3 atom stereocenters. The highest BCUT2D eigenvalue weighted by Crippen LogP contribution is 2.31. The van der Waals surface area contributed by atoms with Crippen molar-refractivity contribution < 1.29 is 14.0 Å². The maximum Gasteiger partial charge on any atom is 0.254 e. The van der Waals surface area contributed by atoms with Gasteiger partial charge < -0.3 is 15.5 Å². The second-order valence-corrected chi connectivity index (χ2v) is 7.64. The Balaban J connectivity index is 1.36. The van der Waals surface area contributed by atoms with Gasteiger partial charge in [-0.15, -0.1) is 0 Å². The number of fused-ring (bicyclic) bond motifs is 1. The number of likely N-dealkylation sites (tertiary alicyclic amines) is 1. The molecule has 1 saturated carbocycles. The van der Waals surface area contributed by atoms with E-state index >= 15 is 0 Å². The van der Waals surface area contributed by atoms with Crippen molar-refractivity contribution in [2.45, 2.75) is 50.7 Å². The van der Waals surface area contributed by atoms with Gasteiger partial charge in [-0.1, -0.05) is 0 Å². The summed E-state index contributed by atoms with van der Waals surface area (Å²) in [5.74, 6) is -0.676. The third-order valence-corrected chi connectivity index (χ3v) is 5.98. The van der Waals surface area contributed by atoms with E-state index in [1.807, 2.05) is 23.1 Å². The standard InChI is InChI=1S/C20H26FN3O2/c21-17-6-5-16(17)19(25)23-12-15-8-10-24(15)20(26)14-4-7-18-13(11-14)3-1-2-9-22-18/h4,7,11,15-17,22H,1-3,5-6,8-10,12H2,(H,23,25). The number of halogens is 1. The second-order valence-electron chi connectivity index (χ2n) is 7.64. The molecule has 1 aromatic carbocycles. The summed E-state index contributed by atoms with van der Waals surface area (Å²) in [6.45, 7) is 2.11. The molecule has 0 bridgehead atoms. The fraction of sp³-hybridized carbons (Fsp3) is 0.600. The summed E-state index contributed by atoms with van der Waals surface area (Å²) in [5, 5.41) is 6.24. The first-order valence-electron chi connectivity index (χ1n) is 9.73. The summed E-state index contributed by atoms with van der Waals surface area (Å²) in [7, 11) is 0. The molecule has 4 rings (SSSR count). The molecule has 140 valence electrons. The Labute approximate surface area is 153 Å². The third-order valence-electron chi connectivity index (χ3n) is 5.98. The summed E-state index contributed by atoms with van der Waals surface area (Å²) in [4.78, 5) is 26.6. The number of rotatable bonds is 4. The molecule has 1 aliphatic carbocycles. The van der Waals surface area contributed by atoms with Crippen LogP contribution in [-0.4, -0.2) is 48.6 Å². The van der Waals surface area contributed by atoms with Crippen LogP contribution in [0.25, 0.3) is 0 Å². The first-order chi connectivity index (χ1) is 12.6. The summed E-state index contributed by atoms with van der Waals surface area (Å²) < 4.78 is 13.3. The SMILES string of the molecule is O=C(NCC1CCN1C(=O)c1ccc2c(c1)CCCCN2)C1CCC1F. The Morgan fingerprint density at radius 3 is 2.81 bits per heavy atom. The van der Waals surface area contributed by atoms with E-state index < -0.39 is 12.1 Å². The van der Waals surface area contributed by atoms with Crippen LogP contribution >= 0.6 is 0 Å². The van der Waals surface area contributed by atoms with Crippen molar-refractivity contribution in [2.75, 3.05) is 25.0 Å². The van der Waals surface area contributed by atoms with Crippen LogP contribution in [0.15, 0.2) is 18.2 Å². The van der Waals surface area contributed by atoms with E-state index in [2.05, 4.69) is 10.6 Å². The van der Waals surface area contributed by atoms with Gasteiger partial charge in [0.15, 0.2) is 0 Å². The van der Waals surface area contributed by atoms with E-state index in [-0.39, 0.29) is 17.9 Å². The average molecular weight is 359 g/mol. The van der Waals surface area contributed by atoms with Gasteiger partial charge in [-0.3, -0.25) is 9.59 Å². The van der Waals surface area contributed by atoms with E-state index in [0.717, 1.165) is 37.9 Å². The van der Waals surface area contributed by atoms with Gasteiger partial charge in [-0.25, -0.2) is 4.39 Å². The molecule has 2 fully saturated rings. The van der Waals surface area contributed by atoms with Crippen LogP contribution in [0.4, 0.5) is 10.1 Å². The van der Waals surface area contributed by atoms with Crippen molar-refractivity contribution in [3.8, 4) is 0 Å². The first-order valence-corrected chi connectivity index (χ1v) is 9.73. The number of carbonyl (C=O) groups is 2. The molecule has 1 saturated heterocycles. The fourth-order valence-corrected chi connectivity index (χ4v) is 3.96. The zero-order chi connectivity index (χ0) is 18.1. The lowest BCUT2D eigenvalue weighted by Crippen LogP contribution is -2.57. The Morgan fingerprint density at radius 1 is 1.23 bits per heavy atom. The molecule has 0 aromatic heterocycles. The molecular formula is C20H26FN3O2. The molecule has 1 aromatic rings. The zero-order valence-corrected chi connectivity index (χ0v) is 15.0. The predicted octanol–water partition coefficient (Wildman–Crippen LogP) is 2.51. The first kappa shape index (κ1) is 17.3. The normalized spacial score (nSPS) is 27.3. The van der Waals surface area contributed by atoms with Crippen LogP contribution in [0.5, 0.6) is 0 Å². The number of nitrogens with one attached hydrogen (secondary N) is 2. The Bertz CT molecular complexity index is 708. The van der Waals surface area contributed by atoms with Gasteiger partial charge in [0.2, 0.25) is 5.91 Å². The van der Waals surface area contributed by atoms with Gasteiger partial charge in [0.25, 0.3) is 5.91 Å². The van der Waals surface area contributed by atoms with E-state index in [1.54, 1.807) is 0 Å². The molecule has 0 spiro atoms. The quantitative estimate of drug-likeness (QED) is 0.868. The van der Waals surface area contributed by atoms with Crippen LogP contribution in [-0.2, 0) is 11.2 Å². The van der Waals surface area contributed by atoms with Crippen LogP contribution in [0.1, 0.15) is 48.0 Å². The van der Waals surface area contributed by atoms with Crippen molar-refractivity contribution >= 4 is 17.5 Å². The Kier molecular flexibility index (Phi) is 4.83. The number of nitrogens with zero attached hydrogens (tertiary/aromatic N) is 1. The van der Waals surface area contributed by atoms with Gasteiger partial charge in [-0.2, -0.15) is 0 Å². The third kappa shape index (κ3) is 3.29. The number of carbonyl (C=O) groups excluding carboxylic acids is 2. The van der Waals surface area contributed by atoms with Gasteiger partial charge in [0.1, 0.15) is 6.17 Å². The monoisotopic (exact) mass is 359 g/mol. The summed E-state index contributed by atoms with van der Waals surface area (Å²) >= 11 is 0. The Morgan fingerprint density at radius 2 is 2.12 bits per heavy atom. The van der Waals surface area contributed by atoms with Crippen molar-refractivity contribution in [2.24, 2.45) is 5.92 Å². The molecule has 2 N–H and O–H groups in total. The number of aryl methyl sites for hydroxylation is 1. The largest absolute Gasteiger partial charge is 0.385 e. The number of hydrogen-bond donors (Lipinski definition) is 2. The van der Waals surface area contributed by atoms with Crippen LogP contribution < -0.4 is 10.6 Å². The lowest BCUT2D eigenvalue weighted by atomic mass is 9.82. The maximum atomic E-state index is 13.3. The number of benzene rings is 1. The van der Waals surface area contributed by atoms with Gasteiger partial charge in [0.05, 0.1) is 12.0 Å². The zero-order valence-electron chi connectivity index (χ0n) is 15.0. The molecule has 2 amide bonds. The van der Waals surface area contributed by atoms with Crippen LogP contribution in [0.2, 0.25) is 0 Å². The lowest BCUT2D eigenvalue weighted by Gasteiger charge is -2.41. The Hall–Kier alpha value is -2.11. The molecule has 2 aliphatic heterocycles. The predicted molar refractivity (Wildman–Crippen MR) is 97.9 cm³/mol. The second kappa shape index (κ2) is 7.25. The number of alkyl halides is 1. The average Bonchev–Trinajstić information content (AvgIpc) is 2.84. The number of anilines is 1. The highest BCUT2D eigenvalue weighted by molar-refractivity contribution is 5.95. The van der Waals surface area contributed by atoms with Crippen molar-refractivity contribution in [1.29, 1.82) is 0 Å². The molecule has 2 heterocycles. The van der Waals surface area contributed by atoms with E-state index in [4.69, 9.17) is 0 Å². The van der Waals surface area contributed by atoms with Gasteiger partial charge in [-0.05, 0) is 62.3 Å². The molecule has 5 nitrogen and oxygen atoms in total. The topological polar surface area (TPSA) is 61.4 Å².